The molecule has 0 aliphatic heterocycles. The molecule has 0 unspecified atom stereocenters. The first-order valence-electron chi connectivity index (χ1n) is 5.43. The Hall–Kier alpha value is -1.85. The lowest BCUT2D eigenvalue weighted by Crippen LogP contribution is -2.32. The van der Waals surface area contributed by atoms with E-state index in [-0.39, 0.29) is 0 Å². The predicted octanol–water partition coefficient (Wildman–Crippen LogP) is 1.67. The second kappa shape index (κ2) is 5.66. The monoisotopic (exact) mass is 257 g/mol. The number of nitrogens with two attached hydrogens (primary N) is 1. The van der Waals surface area contributed by atoms with Crippen LogP contribution in [0.4, 0.5) is 20.2 Å². The smallest absolute Gasteiger partial charge is 0.255 e. The van der Waals surface area contributed by atoms with Gasteiger partial charge in [0.25, 0.3) is 12.3 Å². The maximum absolute atomic E-state index is 12.3. The number of carbonyl (C=O) groups excluding carboxylic acids is 1. The molecule has 0 aromatic heterocycles. The molecule has 1 amide bonds. The van der Waals surface area contributed by atoms with Crippen molar-refractivity contribution in [2.45, 2.75) is 6.43 Å². The summed E-state index contributed by atoms with van der Waals surface area (Å²) >= 11 is 0. The molecule has 1 aromatic carbocycles. The van der Waals surface area contributed by atoms with Gasteiger partial charge in [0, 0.05) is 32.5 Å². The lowest BCUT2D eigenvalue weighted by atomic mass is 10.1. The van der Waals surface area contributed by atoms with Crippen LogP contribution in [0, 0.1) is 0 Å². The summed E-state index contributed by atoms with van der Waals surface area (Å²) in [5.41, 5.74) is 7.03. The molecule has 0 saturated heterocycles. The van der Waals surface area contributed by atoms with Crippen LogP contribution >= 0.6 is 0 Å². The van der Waals surface area contributed by atoms with Gasteiger partial charge in [-0.05, 0) is 18.2 Å². The fourth-order valence-corrected chi connectivity index (χ4v) is 1.61. The number of rotatable bonds is 4. The number of nitrogen functional groups attached to an aromatic ring is 1. The molecular formula is C12H17F2N3O. The Kier molecular flexibility index (Phi) is 4.47. The van der Waals surface area contributed by atoms with Crippen molar-refractivity contribution in [3.63, 3.8) is 0 Å². The largest absolute Gasteiger partial charge is 0.399 e. The van der Waals surface area contributed by atoms with Gasteiger partial charge in [0.15, 0.2) is 0 Å². The zero-order valence-electron chi connectivity index (χ0n) is 10.7. The fourth-order valence-electron chi connectivity index (χ4n) is 1.61. The van der Waals surface area contributed by atoms with Crippen LogP contribution < -0.4 is 10.6 Å². The standard InChI is InChI=1S/C12H17F2N3O/c1-16(2)10-5-4-8(15)6-9(10)12(18)17(3)7-11(13)14/h4-6,11H,7,15H2,1-3H3. The van der Waals surface area contributed by atoms with E-state index in [2.05, 4.69) is 0 Å². The molecule has 0 heterocycles. The predicted molar refractivity (Wildman–Crippen MR) is 68.1 cm³/mol. The molecule has 0 spiro atoms. The van der Waals surface area contributed by atoms with Crippen LogP contribution in [0.15, 0.2) is 18.2 Å². The van der Waals surface area contributed by atoms with Crippen molar-refractivity contribution in [1.29, 1.82) is 0 Å². The van der Waals surface area contributed by atoms with Gasteiger partial charge in [-0.1, -0.05) is 0 Å². The van der Waals surface area contributed by atoms with E-state index in [0.29, 0.717) is 16.9 Å². The van der Waals surface area contributed by atoms with Gasteiger partial charge in [-0.3, -0.25) is 4.79 Å². The zero-order chi connectivity index (χ0) is 13.9. The van der Waals surface area contributed by atoms with E-state index in [1.807, 2.05) is 0 Å². The molecule has 6 heteroatoms. The minimum atomic E-state index is -2.55. The van der Waals surface area contributed by atoms with E-state index in [1.54, 1.807) is 31.1 Å². The number of hydrogen-bond acceptors (Lipinski definition) is 3. The number of halogens is 2. The third kappa shape index (κ3) is 3.32. The molecule has 0 aliphatic rings. The van der Waals surface area contributed by atoms with E-state index in [0.717, 1.165) is 4.90 Å². The Morgan fingerprint density at radius 2 is 1.94 bits per heavy atom. The highest BCUT2D eigenvalue weighted by Crippen LogP contribution is 2.22. The molecule has 1 rings (SSSR count). The molecule has 1 aromatic rings. The molecule has 2 N–H and O–H groups in total. The van der Waals surface area contributed by atoms with Gasteiger partial charge in [0.1, 0.15) is 0 Å². The first-order valence-corrected chi connectivity index (χ1v) is 5.43. The normalized spacial score (nSPS) is 10.6. The molecule has 0 bridgehead atoms. The summed E-state index contributed by atoms with van der Waals surface area (Å²) in [6.07, 6.45) is -2.55. The minimum absolute atomic E-state index is 0.322. The molecule has 0 fully saturated rings. The van der Waals surface area contributed by atoms with Crippen LogP contribution in [0.5, 0.6) is 0 Å². The van der Waals surface area contributed by atoms with Crippen molar-refractivity contribution in [3.8, 4) is 0 Å². The molecule has 0 saturated carbocycles. The number of benzene rings is 1. The number of carbonyl (C=O) groups is 1. The lowest BCUT2D eigenvalue weighted by Gasteiger charge is -2.22. The van der Waals surface area contributed by atoms with E-state index >= 15 is 0 Å². The maximum Gasteiger partial charge on any atom is 0.255 e. The zero-order valence-corrected chi connectivity index (χ0v) is 10.7. The van der Waals surface area contributed by atoms with E-state index in [1.165, 1.54) is 13.1 Å². The minimum Gasteiger partial charge on any atom is -0.399 e. The Morgan fingerprint density at radius 1 is 1.33 bits per heavy atom. The highest BCUT2D eigenvalue weighted by Gasteiger charge is 2.19. The van der Waals surface area contributed by atoms with Crippen LogP contribution in [0.1, 0.15) is 10.4 Å². The van der Waals surface area contributed by atoms with Crippen molar-refractivity contribution in [2.75, 3.05) is 38.3 Å². The number of hydrogen-bond donors (Lipinski definition) is 1. The summed E-state index contributed by atoms with van der Waals surface area (Å²) in [5, 5.41) is 0. The fraction of sp³-hybridized carbons (Fsp3) is 0.417. The first kappa shape index (κ1) is 14.2. The Bertz CT molecular complexity index is 435. The van der Waals surface area contributed by atoms with E-state index in [9.17, 15) is 13.6 Å². The van der Waals surface area contributed by atoms with Crippen LogP contribution in [0.2, 0.25) is 0 Å². The Labute approximate surface area is 105 Å². The molecule has 0 aliphatic carbocycles. The summed E-state index contributed by atoms with van der Waals surface area (Å²) < 4.78 is 24.5. The third-order valence-corrected chi connectivity index (χ3v) is 2.49. The average molecular weight is 257 g/mol. The average Bonchev–Trinajstić information content (AvgIpc) is 2.26. The van der Waals surface area contributed by atoms with Crippen molar-refractivity contribution < 1.29 is 13.6 Å². The summed E-state index contributed by atoms with van der Waals surface area (Å²) in [4.78, 5) is 14.8. The van der Waals surface area contributed by atoms with Crippen LogP contribution in [-0.4, -0.2) is 44.9 Å². The van der Waals surface area contributed by atoms with Crippen molar-refractivity contribution >= 4 is 17.3 Å². The molecule has 4 nitrogen and oxygen atoms in total. The van der Waals surface area contributed by atoms with Gasteiger partial charge in [0.2, 0.25) is 0 Å². The van der Waals surface area contributed by atoms with Gasteiger partial charge < -0.3 is 15.5 Å². The van der Waals surface area contributed by atoms with Gasteiger partial charge in [-0.15, -0.1) is 0 Å². The Morgan fingerprint density at radius 3 is 2.44 bits per heavy atom. The number of alkyl halides is 2. The van der Waals surface area contributed by atoms with Gasteiger partial charge in [-0.2, -0.15) is 0 Å². The highest BCUT2D eigenvalue weighted by atomic mass is 19.3. The summed E-state index contributed by atoms with van der Waals surface area (Å²) in [6.45, 7) is -0.597. The van der Waals surface area contributed by atoms with Crippen LogP contribution in [0.3, 0.4) is 0 Å². The first-order chi connectivity index (χ1) is 8.32. The van der Waals surface area contributed by atoms with Crippen molar-refractivity contribution in [3.05, 3.63) is 23.8 Å². The number of nitrogens with zero attached hydrogens (tertiary/aromatic N) is 2. The molecule has 0 atom stereocenters. The lowest BCUT2D eigenvalue weighted by molar-refractivity contribution is 0.0621. The van der Waals surface area contributed by atoms with Gasteiger partial charge >= 0.3 is 0 Å². The van der Waals surface area contributed by atoms with E-state index in [4.69, 9.17) is 5.73 Å². The summed E-state index contributed by atoms with van der Waals surface area (Å²) in [6, 6.07) is 4.86. The number of anilines is 2. The summed E-state index contributed by atoms with van der Waals surface area (Å²) in [7, 11) is 4.89. The van der Waals surface area contributed by atoms with Crippen molar-refractivity contribution in [1.82, 2.24) is 4.90 Å². The molecule has 0 radical (unpaired) electrons. The van der Waals surface area contributed by atoms with E-state index < -0.39 is 18.9 Å². The molecule has 18 heavy (non-hydrogen) atoms. The topological polar surface area (TPSA) is 49.6 Å². The second-order valence-corrected chi connectivity index (χ2v) is 4.25. The van der Waals surface area contributed by atoms with Gasteiger partial charge in [-0.25, -0.2) is 8.78 Å². The van der Waals surface area contributed by atoms with Crippen molar-refractivity contribution in [2.24, 2.45) is 0 Å². The second-order valence-electron chi connectivity index (χ2n) is 4.25. The van der Waals surface area contributed by atoms with Crippen LogP contribution in [0.25, 0.3) is 0 Å². The van der Waals surface area contributed by atoms with Crippen LogP contribution in [-0.2, 0) is 0 Å². The highest BCUT2D eigenvalue weighted by molar-refractivity contribution is 6.00. The van der Waals surface area contributed by atoms with Gasteiger partial charge in [0.05, 0.1) is 12.1 Å². The third-order valence-electron chi connectivity index (χ3n) is 2.49. The SMILES string of the molecule is CN(CC(F)F)C(=O)c1cc(N)ccc1N(C)C. The molecular weight excluding hydrogens is 240 g/mol. The summed E-state index contributed by atoms with van der Waals surface area (Å²) in [5.74, 6) is -0.466. The molecule has 100 valence electrons. The maximum atomic E-state index is 12.3. The Balaban J connectivity index is 3.07. The number of amides is 1. The quantitative estimate of drug-likeness (QED) is 0.835.